The molecule has 6 heteroatoms. The van der Waals surface area contributed by atoms with E-state index in [1.54, 1.807) is 6.07 Å². The summed E-state index contributed by atoms with van der Waals surface area (Å²) in [6, 6.07) is 15.4. The zero-order chi connectivity index (χ0) is 16.1. The van der Waals surface area contributed by atoms with Crippen LogP contribution in [0.3, 0.4) is 0 Å². The van der Waals surface area contributed by atoms with Crippen LogP contribution in [0.25, 0.3) is 0 Å². The van der Waals surface area contributed by atoms with Gasteiger partial charge in [-0.05, 0) is 18.6 Å². The summed E-state index contributed by atoms with van der Waals surface area (Å²) in [5.41, 5.74) is 1.05. The molecule has 0 aliphatic rings. The van der Waals surface area contributed by atoms with Crippen molar-refractivity contribution in [2.24, 2.45) is 0 Å². The maximum atomic E-state index is 11.2. The molecule has 0 heterocycles. The average Bonchev–Trinajstić information content (AvgIpc) is 2.54. The van der Waals surface area contributed by atoms with Gasteiger partial charge in [-0.3, -0.25) is 10.1 Å². The Bertz CT molecular complexity index is 788. The molecule has 0 aromatic heterocycles. The van der Waals surface area contributed by atoms with Crippen molar-refractivity contribution in [2.75, 3.05) is 5.32 Å². The quantitative estimate of drug-likeness (QED) is 0.686. The second-order valence-corrected chi connectivity index (χ2v) is 4.67. The van der Waals surface area contributed by atoms with Crippen molar-refractivity contribution in [1.82, 2.24) is 0 Å². The molecule has 0 aliphatic heterocycles. The first-order valence-electron chi connectivity index (χ1n) is 6.51. The maximum Gasteiger partial charge on any atom is 0.293 e. The van der Waals surface area contributed by atoms with Crippen molar-refractivity contribution in [3.8, 4) is 12.1 Å². The Morgan fingerprint density at radius 2 is 1.73 bits per heavy atom. The van der Waals surface area contributed by atoms with Crippen LogP contribution in [0.15, 0.2) is 42.5 Å². The van der Waals surface area contributed by atoms with Gasteiger partial charge in [-0.15, -0.1) is 0 Å². The van der Waals surface area contributed by atoms with E-state index in [0.717, 1.165) is 11.6 Å². The molecule has 1 N–H and O–H groups in total. The van der Waals surface area contributed by atoms with Gasteiger partial charge in [0.05, 0.1) is 16.1 Å². The normalized spacial score (nSPS) is 11.0. The summed E-state index contributed by atoms with van der Waals surface area (Å²) in [5.74, 6) is 0. The van der Waals surface area contributed by atoms with Crippen molar-refractivity contribution in [3.63, 3.8) is 0 Å². The van der Waals surface area contributed by atoms with Crippen LogP contribution < -0.4 is 5.32 Å². The smallest absolute Gasteiger partial charge is 0.293 e. The molecule has 2 aromatic carbocycles. The number of anilines is 1. The highest BCUT2D eigenvalue weighted by atomic mass is 16.6. The van der Waals surface area contributed by atoms with E-state index in [0.29, 0.717) is 0 Å². The molecule has 22 heavy (non-hydrogen) atoms. The first kappa shape index (κ1) is 15.0. The number of nitro groups is 1. The number of nitrogens with one attached hydrogen (secondary N) is 1. The summed E-state index contributed by atoms with van der Waals surface area (Å²) in [5, 5.41) is 32.2. The number of nitro benzene ring substituents is 1. The van der Waals surface area contributed by atoms with Gasteiger partial charge < -0.3 is 5.32 Å². The summed E-state index contributed by atoms with van der Waals surface area (Å²) in [6.07, 6.45) is 0. The van der Waals surface area contributed by atoms with Crippen LogP contribution >= 0.6 is 0 Å². The van der Waals surface area contributed by atoms with E-state index >= 15 is 0 Å². The summed E-state index contributed by atoms with van der Waals surface area (Å²) < 4.78 is 0. The Hall–Kier alpha value is -3.38. The lowest BCUT2D eigenvalue weighted by atomic mass is 10.0. The van der Waals surface area contributed by atoms with Crippen molar-refractivity contribution >= 4 is 11.4 Å². The van der Waals surface area contributed by atoms with Gasteiger partial charge in [0.2, 0.25) is 0 Å². The first-order valence-corrected chi connectivity index (χ1v) is 6.51. The van der Waals surface area contributed by atoms with Crippen LogP contribution in [-0.2, 0) is 0 Å². The largest absolute Gasteiger partial charge is 0.373 e. The Labute approximate surface area is 127 Å². The molecule has 1 unspecified atom stereocenters. The molecule has 2 aromatic rings. The molecule has 108 valence electrons. The number of rotatable bonds is 4. The number of benzene rings is 2. The standard InChI is InChI=1S/C16H12N4O2/c1-11(12-5-3-2-4-6-12)19-15-7-13(9-17)14(10-18)8-16(15)20(21)22/h2-8,11,19H,1H3. The van der Waals surface area contributed by atoms with Crippen molar-refractivity contribution in [3.05, 3.63) is 69.3 Å². The van der Waals surface area contributed by atoms with E-state index in [9.17, 15) is 10.1 Å². The Balaban J connectivity index is 2.44. The van der Waals surface area contributed by atoms with Gasteiger partial charge in [0, 0.05) is 12.1 Å². The van der Waals surface area contributed by atoms with Crippen LogP contribution in [0, 0.1) is 32.8 Å². The number of nitrogens with zero attached hydrogens (tertiary/aromatic N) is 3. The molecular weight excluding hydrogens is 280 g/mol. The lowest BCUT2D eigenvalue weighted by molar-refractivity contribution is -0.384. The molecule has 0 bridgehead atoms. The first-order chi connectivity index (χ1) is 10.6. The van der Waals surface area contributed by atoms with Crippen molar-refractivity contribution in [1.29, 1.82) is 10.5 Å². The number of nitriles is 2. The summed E-state index contributed by atoms with van der Waals surface area (Å²) in [4.78, 5) is 10.6. The lowest BCUT2D eigenvalue weighted by Crippen LogP contribution is -2.09. The van der Waals surface area contributed by atoms with Crippen LogP contribution in [0.4, 0.5) is 11.4 Å². The third-order valence-corrected chi connectivity index (χ3v) is 3.25. The minimum absolute atomic E-state index is 0.00730. The van der Waals surface area contributed by atoms with E-state index in [1.165, 1.54) is 6.07 Å². The topological polar surface area (TPSA) is 103 Å². The number of hydrogen-bond acceptors (Lipinski definition) is 5. The fourth-order valence-corrected chi connectivity index (χ4v) is 2.10. The SMILES string of the molecule is CC(Nc1cc(C#N)c(C#N)cc1[N+](=O)[O-])c1ccccc1. The highest BCUT2D eigenvalue weighted by molar-refractivity contribution is 5.69. The minimum Gasteiger partial charge on any atom is -0.373 e. The van der Waals surface area contributed by atoms with Crippen molar-refractivity contribution < 1.29 is 4.92 Å². The third-order valence-electron chi connectivity index (χ3n) is 3.25. The lowest BCUT2D eigenvalue weighted by Gasteiger charge is -2.16. The van der Waals surface area contributed by atoms with Gasteiger partial charge in [0.1, 0.15) is 17.8 Å². The van der Waals surface area contributed by atoms with Gasteiger partial charge in [-0.2, -0.15) is 10.5 Å². The molecule has 0 amide bonds. The van der Waals surface area contributed by atoms with E-state index in [1.807, 2.05) is 43.3 Å². The fourth-order valence-electron chi connectivity index (χ4n) is 2.10. The Morgan fingerprint density at radius 3 is 2.27 bits per heavy atom. The average molecular weight is 292 g/mol. The van der Waals surface area contributed by atoms with Crippen LogP contribution in [0.5, 0.6) is 0 Å². The molecule has 0 saturated heterocycles. The van der Waals surface area contributed by atoms with Crippen LogP contribution in [-0.4, -0.2) is 4.92 Å². The molecule has 0 saturated carbocycles. The van der Waals surface area contributed by atoms with Crippen LogP contribution in [0.1, 0.15) is 29.7 Å². The molecule has 0 aliphatic carbocycles. The highest BCUT2D eigenvalue weighted by Crippen LogP contribution is 2.31. The van der Waals surface area contributed by atoms with Gasteiger partial charge >= 0.3 is 0 Å². The Kier molecular flexibility index (Phi) is 4.36. The zero-order valence-electron chi connectivity index (χ0n) is 11.8. The molecular formula is C16H12N4O2. The molecule has 2 rings (SSSR count). The second kappa shape index (κ2) is 6.38. The molecule has 1 atom stereocenters. The zero-order valence-corrected chi connectivity index (χ0v) is 11.8. The minimum atomic E-state index is -0.567. The molecule has 6 nitrogen and oxygen atoms in total. The van der Waals surface area contributed by atoms with Gasteiger partial charge in [0.25, 0.3) is 5.69 Å². The molecule has 0 fully saturated rings. The van der Waals surface area contributed by atoms with E-state index in [2.05, 4.69) is 5.32 Å². The van der Waals surface area contributed by atoms with E-state index in [-0.39, 0.29) is 28.5 Å². The number of hydrogen-bond donors (Lipinski definition) is 1. The van der Waals surface area contributed by atoms with Gasteiger partial charge in [0.15, 0.2) is 0 Å². The highest BCUT2D eigenvalue weighted by Gasteiger charge is 2.20. The van der Waals surface area contributed by atoms with Crippen molar-refractivity contribution in [2.45, 2.75) is 13.0 Å². The van der Waals surface area contributed by atoms with Crippen LogP contribution in [0.2, 0.25) is 0 Å². The van der Waals surface area contributed by atoms with Gasteiger partial charge in [-0.25, -0.2) is 0 Å². The fraction of sp³-hybridized carbons (Fsp3) is 0.125. The monoisotopic (exact) mass is 292 g/mol. The second-order valence-electron chi connectivity index (χ2n) is 4.67. The predicted octanol–water partition coefficient (Wildman–Crippen LogP) is 3.51. The molecule has 0 spiro atoms. The van der Waals surface area contributed by atoms with Gasteiger partial charge in [-0.1, -0.05) is 30.3 Å². The maximum absolute atomic E-state index is 11.2. The Morgan fingerprint density at radius 1 is 1.14 bits per heavy atom. The van der Waals surface area contributed by atoms with E-state index < -0.39 is 4.92 Å². The summed E-state index contributed by atoms with van der Waals surface area (Å²) >= 11 is 0. The summed E-state index contributed by atoms with van der Waals surface area (Å²) in [6.45, 7) is 1.86. The summed E-state index contributed by atoms with van der Waals surface area (Å²) in [7, 11) is 0. The van der Waals surface area contributed by atoms with E-state index in [4.69, 9.17) is 10.5 Å². The predicted molar refractivity (Wildman–Crippen MR) is 81.0 cm³/mol. The molecule has 0 radical (unpaired) electrons. The third kappa shape index (κ3) is 3.02.